The van der Waals surface area contributed by atoms with Gasteiger partial charge in [0.2, 0.25) is 11.2 Å². The minimum atomic E-state index is -5.01. The van der Waals surface area contributed by atoms with Gasteiger partial charge in [0.25, 0.3) is 23.6 Å². The number of carboxylic acid groups (broad SMARTS) is 2. The van der Waals surface area contributed by atoms with Crippen LogP contribution in [0.15, 0.2) is 21.1 Å². The summed E-state index contributed by atoms with van der Waals surface area (Å²) in [4.78, 5) is 95.5. The summed E-state index contributed by atoms with van der Waals surface area (Å²) in [6.45, 7) is 6.92. The zero-order chi connectivity index (χ0) is 39.5. The molecule has 1 saturated heterocycles. The van der Waals surface area contributed by atoms with E-state index in [-0.39, 0.29) is 21.7 Å². The van der Waals surface area contributed by atoms with Gasteiger partial charge in [-0.15, -0.1) is 22.7 Å². The summed E-state index contributed by atoms with van der Waals surface area (Å²) < 4.78 is 34.5. The van der Waals surface area contributed by atoms with Crippen LogP contribution in [0.3, 0.4) is 0 Å². The molecule has 4 unspecified atom stereocenters. The number of hydrogen-bond donors (Lipinski definition) is 8. The molecule has 2 aromatic rings. The van der Waals surface area contributed by atoms with E-state index in [1.165, 1.54) is 17.7 Å². The second-order valence-electron chi connectivity index (χ2n) is 11.9. The standard InChI is InChI=1S/C26H34N10O13S3/c1-9(35-52(45,46)47)13(31-17(37)15(11-7-50-23(27)29-11)33-48-25(3,4)21(41)42)19(39)36-10(2)14(20(36)40)32-18(38)16(12-8-51-24(28)30-12)34-49-26(5,6)22(43)44/h7-10,13-14,35H,1-6H3,(H2,27,29)(H2,28,30)(H,31,37)(H,32,38)(H,41,42)(H,43,44)(H,45,46,47)/b33-15-,34-16-. The molecule has 4 amide bonds. The van der Waals surface area contributed by atoms with E-state index in [2.05, 4.69) is 30.9 Å². The summed E-state index contributed by atoms with van der Waals surface area (Å²) in [6.07, 6.45) is 0. The minimum Gasteiger partial charge on any atom is -0.478 e. The first-order valence-electron chi connectivity index (χ1n) is 14.5. The SMILES string of the molecule is CC(NS(=O)(=O)O)C(NC(=O)/C(=N\OC(C)(C)C(=O)O)c1csc(N)n1)C(=O)N1C(=O)C(NC(=O)/C(=N\OC(C)(C)C(=O)O)c2csc(N)n2)C1C. The molecule has 0 radical (unpaired) electrons. The number of carbonyl (C=O) groups excluding carboxylic acids is 4. The second kappa shape index (κ2) is 15.5. The number of nitrogens with zero attached hydrogens (tertiary/aromatic N) is 5. The van der Waals surface area contributed by atoms with Gasteiger partial charge in [-0.05, 0) is 41.5 Å². The molecule has 0 spiro atoms. The first-order chi connectivity index (χ1) is 23.9. The van der Waals surface area contributed by atoms with Crippen molar-refractivity contribution in [2.24, 2.45) is 10.3 Å². The lowest BCUT2D eigenvalue weighted by Gasteiger charge is -2.45. The Labute approximate surface area is 302 Å². The number of carbonyl (C=O) groups is 6. The van der Waals surface area contributed by atoms with Crippen molar-refractivity contribution in [2.45, 2.75) is 76.9 Å². The minimum absolute atomic E-state index is 0.0159. The van der Waals surface area contributed by atoms with Gasteiger partial charge in [-0.3, -0.25) is 28.6 Å². The zero-order valence-electron chi connectivity index (χ0n) is 28.0. The van der Waals surface area contributed by atoms with Gasteiger partial charge in [0.05, 0.1) is 12.1 Å². The molecular formula is C26H34N10O13S3. The molecule has 0 bridgehead atoms. The molecule has 1 aliphatic rings. The molecule has 52 heavy (non-hydrogen) atoms. The lowest BCUT2D eigenvalue weighted by molar-refractivity contribution is -0.164. The van der Waals surface area contributed by atoms with Crippen molar-refractivity contribution in [3.8, 4) is 0 Å². The van der Waals surface area contributed by atoms with Gasteiger partial charge in [0, 0.05) is 10.8 Å². The Morgan fingerprint density at radius 1 is 0.923 bits per heavy atom. The smallest absolute Gasteiger partial charge is 0.350 e. The molecule has 2 aromatic heterocycles. The van der Waals surface area contributed by atoms with E-state index in [1.54, 1.807) is 4.72 Å². The van der Waals surface area contributed by atoms with Gasteiger partial charge in [-0.25, -0.2) is 19.6 Å². The molecular weight excluding hydrogens is 757 g/mol. The highest BCUT2D eigenvalue weighted by Crippen LogP contribution is 2.23. The number of nitrogen functional groups attached to an aromatic ring is 2. The molecule has 3 rings (SSSR count). The van der Waals surface area contributed by atoms with Crippen molar-refractivity contribution in [2.75, 3.05) is 11.5 Å². The maximum atomic E-state index is 13.8. The van der Waals surface area contributed by atoms with E-state index in [0.29, 0.717) is 4.90 Å². The number of likely N-dealkylation sites (tertiary alicyclic amines) is 1. The Bertz CT molecular complexity index is 1940. The van der Waals surface area contributed by atoms with Gasteiger partial charge < -0.3 is 42.0 Å². The van der Waals surface area contributed by atoms with Crippen LogP contribution in [0.1, 0.15) is 52.9 Å². The van der Waals surface area contributed by atoms with Gasteiger partial charge in [0.15, 0.2) is 21.7 Å². The van der Waals surface area contributed by atoms with Gasteiger partial charge >= 0.3 is 22.2 Å². The number of hydrogen-bond acceptors (Lipinski definition) is 18. The summed E-state index contributed by atoms with van der Waals surface area (Å²) in [5.41, 5.74) is 5.85. The quantitative estimate of drug-likeness (QED) is 0.0400. The van der Waals surface area contributed by atoms with Crippen LogP contribution in [-0.4, -0.2) is 120 Å². The highest BCUT2D eigenvalue weighted by atomic mass is 32.2. The number of amides is 4. The number of aromatic nitrogens is 2. The lowest BCUT2D eigenvalue weighted by Crippen LogP contribution is -2.74. The third-order valence-corrected chi connectivity index (χ3v) is 9.04. The lowest BCUT2D eigenvalue weighted by atomic mass is 9.93. The van der Waals surface area contributed by atoms with Gasteiger partial charge in [0.1, 0.15) is 23.5 Å². The highest BCUT2D eigenvalue weighted by molar-refractivity contribution is 7.83. The van der Waals surface area contributed by atoms with Crippen LogP contribution in [0, 0.1) is 0 Å². The Kier molecular flexibility index (Phi) is 12.3. The van der Waals surface area contributed by atoms with Crippen molar-refractivity contribution >= 4 is 90.2 Å². The fourth-order valence-electron chi connectivity index (χ4n) is 3.99. The van der Waals surface area contributed by atoms with Crippen molar-refractivity contribution in [3.63, 3.8) is 0 Å². The van der Waals surface area contributed by atoms with Crippen LogP contribution in [-0.2, 0) is 48.7 Å². The number of nitrogens with two attached hydrogens (primary N) is 2. The summed E-state index contributed by atoms with van der Waals surface area (Å²) in [5, 5.41) is 33.1. The number of nitrogens with one attached hydrogen (secondary N) is 3. The molecule has 1 aliphatic heterocycles. The number of oxime groups is 2. The number of anilines is 2. The van der Waals surface area contributed by atoms with Crippen LogP contribution < -0.4 is 26.8 Å². The van der Waals surface area contributed by atoms with Crippen molar-refractivity contribution in [1.29, 1.82) is 0 Å². The van der Waals surface area contributed by atoms with E-state index < -0.39 is 92.7 Å². The third kappa shape index (κ3) is 9.72. The van der Waals surface area contributed by atoms with Crippen molar-refractivity contribution in [3.05, 3.63) is 22.1 Å². The van der Waals surface area contributed by atoms with E-state index >= 15 is 0 Å². The largest absolute Gasteiger partial charge is 0.478 e. The summed E-state index contributed by atoms with van der Waals surface area (Å²) >= 11 is 1.78. The van der Waals surface area contributed by atoms with Crippen LogP contribution in [0.5, 0.6) is 0 Å². The van der Waals surface area contributed by atoms with Crippen LogP contribution in [0.2, 0.25) is 0 Å². The predicted octanol–water partition coefficient (Wildman–Crippen LogP) is -1.86. The topological polar surface area (TPSA) is 358 Å². The molecule has 23 nitrogen and oxygen atoms in total. The average molecular weight is 791 g/mol. The molecule has 0 aromatic carbocycles. The highest BCUT2D eigenvalue weighted by Gasteiger charge is 2.52. The van der Waals surface area contributed by atoms with E-state index in [0.717, 1.165) is 57.3 Å². The molecule has 4 atom stereocenters. The predicted molar refractivity (Wildman–Crippen MR) is 181 cm³/mol. The maximum absolute atomic E-state index is 13.8. The van der Waals surface area contributed by atoms with E-state index in [9.17, 15) is 52.0 Å². The van der Waals surface area contributed by atoms with Gasteiger partial charge in [-0.2, -0.15) is 13.1 Å². The number of β-lactam (4-membered cyclic amide) rings is 1. The normalized spacial score (nSPS) is 18.1. The fraction of sp³-hybridized carbons (Fsp3) is 0.462. The maximum Gasteiger partial charge on any atom is 0.350 e. The Balaban J connectivity index is 1.91. The number of thiazole rings is 2. The van der Waals surface area contributed by atoms with Crippen molar-refractivity contribution < 1.29 is 61.6 Å². The number of rotatable bonds is 16. The summed E-state index contributed by atoms with van der Waals surface area (Å²) in [7, 11) is -5.01. The molecule has 26 heteroatoms. The molecule has 3 heterocycles. The number of carboxylic acids is 2. The molecule has 0 aliphatic carbocycles. The summed E-state index contributed by atoms with van der Waals surface area (Å²) in [5.74, 6) is -7.51. The molecule has 1 fully saturated rings. The van der Waals surface area contributed by atoms with E-state index in [4.69, 9.17) is 21.1 Å². The number of imide groups is 1. The van der Waals surface area contributed by atoms with Crippen molar-refractivity contribution in [1.82, 2.24) is 30.2 Å². The summed E-state index contributed by atoms with van der Waals surface area (Å²) in [6, 6.07) is -6.20. The first-order valence-corrected chi connectivity index (χ1v) is 17.7. The zero-order valence-corrected chi connectivity index (χ0v) is 30.5. The molecule has 0 saturated carbocycles. The fourth-order valence-corrected chi connectivity index (χ4v) is 5.69. The first kappa shape index (κ1) is 41.1. The van der Waals surface area contributed by atoms with Crippen LogP contribution in [0.25, 0.3) is 0 Å². The Hall–Kier alpha value is -5.31. The Morgan fingerprint density at radius 2 is 1.37 bits per heavy atom. The average Bonchev–Trinajstić information content (AvgIpc) is 3.65. The van der Waals surface area contributed by atoms with Crippen LogP contribution >= 0.6 is 22.7 Å². The molecule has 284 valence electrons. The third-order valence-electron chi connectivity index (χ3n) is 7.02. The second-order valence-corrected chi connectivity index (χ2v) is 14.9. The number of aliphatic carboxylic acids is 2. The van der Waals surface area contributed by atoms with Gasteiger partial charge in [-0.1, -0.05) is 10.3 Å². The van der Waals surface area contributed by atoms with E-state index in [1.807, 2.05) is 0 Å². The van der Waals surface area contributed by atoms with Crippen LogP contribution in [0.4, 0.5) is 10.3 Å². The Morgan fingerprint density at radius 3 is 1.73 bits per heavy atom. The monoisotopic (exact) mass is 790 g/mol. The molecule has 10 N–H and O–H groups in total.